The number of nitriles is 1. The van der Waals surface area contributed by atoms with Crippen molar-refractivity contribution in [2.75, 3.05) is 6.54 Å². The molecule has 0 atom stereocenters. The van der Waals surface area contributed by atoms with Crippen LogP contribution in [-0.4, -0.2) is 11.7 Å². The zero-order valence-corrected chi connectivity index (χ0v) is 7.77. The van der Waals surface area contributed by atoms with Crippen LogP contribution in [-0.2, 0) is 0 Å². The second-order valence-corrected chi connectivity index (χ2v) is 2.87. The zero-order chi connectivity index (χ0) is 10.4. The van der Waals surface area contributed by atoms with Crippen molar-refractivity contribution in [1.29, 1.82) is 5.26 Å². The van der Waals surface area contributed by atoms with Crippen LogP contribution in [0.5, 0.6) is 5.75 Å². The molecule has 14 heavy (non-hydrogen) atoms. The van der Waals surface area contributed by atoms with Gasteiger partial charge in [0, 0.05) is 0 Å². The third-order valence-electron chi connectivity index (χ3n) is 1.79. The van der Waals surface area contributed by atoms with Gasteiger partial charge in [0.05, 0.1) is 5.56 Å². The quantitative estimate of drug-likeness (QED) is 0.757. The lowest BCUT2D eigenvalue weighted by atomic mass is 10.1. The fourth-order valence-electron chi connectivity index (χ4n) is 1.06. The molecule has 0 saturated heterocycles. The minimum absolute atomic E-state index is 0.0161. The highest BCUT2D eigenvalue weighted by atomic mass is 16.3. The largest absolute Gasteiger partial charge is 0.507 e. The Labute approximate surface area is 83.1 Å². The van der Waals surface area contributed by atoms with Crippen LogP contribution >= 0.6 is 0 Å². The minimum Gasteiger partial charge on any atom is -0.507 e. The maximum atomic E-state index is 9.37. The molecule has 1 rings (SSSR count). The van der Waals surface area contributed by atoms with Crippen molar-refractivity contribution in [3.63, 3.8) is 0 Å². The summed E-state index contributed by atoms with van der Waals surface area (Å²) in [5.41, 5.74) is 6.49. The van der Waals surface area contributed by atoms with E-state index >= 15 is 0 Å². The van der Waals surface area contributed by atoms with Crippen LogP contribution in [0.25, 0.3) is 6.08 Å². The van der Waals surface area contributed by atoms with Crippen LogP contribution in [0.2, 0.25) is 0 Å². The van der Waals surface area contributed by atoms with E-state index < -0.39 is 0 Å². The molecular weight excluding hydrogens is 176 g/mol. The maximum Gasteiger partial charge on any atom is 0.133 e. The summed E-state index contributed by atoms with van der Waals surface area (Å²) in [7, 11) is 0. The highest BCUT2D eigenvalue weighted by molar-refractivity contribution is 5.55. The Bertz CT molecular complexity index is 377. The maximum absolute atomic E-state index is 9.37. The molecule has 0 aliphatic heterocycles. The van der Waals surface area contributed by atoms with Gasteiger partial charge in [-0.2, -0.15) is 5.26 Å². The van der Waals surface area contributed by atoms with E-state index in [9.17, 15) is 5.11 Å². The fraction of sp³-hybridized carbons (Fsp3) is 0.182. The van der Waals surface area contributed by atoms with Gasteiger partial charge in [-0.1, -0.05) is 18.2 Å². The van der Waals surface area contributed by atoms with Gasteiger partial charge in [0.2, 0.25) is 0 Å². The predicted molar refractivity (Wildman–Crippen MR) is 55.5 cm³/mol. The molecule has 1 aromatic rings. The van der Waals surface area contributed by atoms with E-state index in [0.717, 1.165) is 12.0 Å². The molecule has 0 heterocycles. The van der Waals surface area contributed by atoms with Crippen molar-refractivity contribution in [1.82, 2.24) is 0 Å². The van der Waals surface area contributed by atoms with Gasteiger partial charge in [0.1, 0.15) is 11.8 Å². The van der Waals surface area contributed by atoms with Gasteiger partial charge < -0.3 is 10.8 Å². The SMILES string of the molecule is N#Cc1ccc(C=CCCN)cc1O. The van der Waals surface area contributed by atoms with Crippen molar-refractivity contribution in [2.45, 2.75) is 6.42 Å². The topological polar surface area (TPSA) is 70.0 Å². The van der Waals surface area contributed by atoms with Gasteiger partial charge in [-0.3, -0.25) is 0 Å². The predicted octanol–water partition coefficient (Wildman–Crippen LogP) is 1.63. The standard InChI is InChI=1S/C11H12N2O/c12-6-2-1-3-9-4-5-10(8-13)11(14)7-9/h1,3-5,7,14H,2,6,12H2. The summed E-state index contributed by atoms with van der Waals surface area (Å²) in [4.78, 5) is 0. The second-order valence-electron chi connectivity index (χ2n) is 2.87. The number of phenolic OH excluding ortho intramolecular Hbond substituents is 1. The molecule has 1 aromatic carbocycles. The fourth-order valence-corrected chi connectivity index (χ4v) is 1.06. The van der Waals surface area contributed by atoms with E-state index in [2.05, 4.69) is 0 Å². The molecule has 3 nitrogen and oxygen atoms in total. The van der Waals surface area contributed by atoms with E-state index in [0.29, 0.717) is 12.1 Å². The second kappa shape index (κ2) is 5.05. The Balaban J connectivity index is 2.82. The van der Waals surface area contributed by atoms with Crippen LogP contribution in [0.1, 0.15) is 17.5 Å². The van der Waals surface area contributed by atoms with E-state index in [1.54, 1.807) is 18.2 Å². The van der Waals surface area contributed by atoms with Gasteiger partial charge in [-0.05, 0) is 30.7 Å². The van der Waals surface area contributed by atoms with Crippen molar-refractivity contribution in [3.05, 3.63) is 35.4 Å². The number of phenols is 1. The molecular formula is C11H12N2O. The van der Waals surface area contributed by atoms with Gasteiger partial charge in [0.15, 0.2) is 0 Å². The molecule has 0 amide bonds. The van der Waals surface area contributed by atoms with Crippen molar-refractivity contribution < 1.29 is 5.11 Å². The van der Waals surface area contributed by atoms with Crippen molar-refractivity contribution in [2.24, 2.45) is 5.73 Å². The smallest absolute Gasteiger partial charge is 0.133 e. The van der Waals surface area contributed by atoms with Gasteiger partial charge in [-0.25, -0.2) is 0 Å². The normalized spacial score (nSPS) is 10.3. The molecule has 0 unspecified atom stereocenters. The third-order valence-corrected chi connectivity index (χ3v) is 1.79. The van der Waals surface area contributed by atoms with E-state index in [1.165, 1.54) is 0 Å². The monoisotopic (exact) mass is 188 g/mol. The number of hydrogen-bond acceptors (Lipinski definition) is 3. The number of rotatable bonds is 3. The van der Waals surface area contributed by atoms with E-state index in [-0.39, 0.29) is 5.75 Å². The first-order valence-corrected chi connectivity index (χ1v) is 4.37. The molecule has 3 N–H and O–H groups in total. The Morgan fingerprint density at radius 3 is 2.86 bits per heavy atom. The lowest BCUT2D eigenvalue weighted by Gasteiger charge is -1.97. The number of nitrogens with two attached hydrogens (primary N) is 1. The lowest BCUT2D eigenvalue weighted by molar-refractivity contribution is 0.473. The number of benzene rings is 1. The summed E-state index contributed by atoms with van der Waals surface area (Å²) in [5, 5.41) is 17.9. The molecule has 0 aromatic heterocycles. The van der Waals surface area contributed by atoms with Crippen LogP contribution in [0.3, 0.4) is 0 Å². The minimum atomic E-state index is 0.0161. The first-order valence-electron chi connectivity index (χ1n) is 4.37. The molecule has 0 saturated carbocycles. The van der Waals surface area contributed by atoms with Gasteiger partial charge in [-0.15, -0.1) is 0 Å². The molecule has 0 aliphatic rings. The molecule has 0 spiro atoms. The highest BCUT2D eigenvalue weighted by Gasteiger charge is 1.98. The average molecular weight is 188 g/mol. The van der Waals surface area contributed by atoms with Crippen LogP contribution in [0.4, 0.5) is 0 Å². The summed E-state index contributed by atoms with van der Waals surface area (Å²) >= 11 is 0. The average Bonchev–Trinajstić information content (AvgIpc) is 2.18. The highest BCUT2D eigenvalue weighted by Crippen LogP contribution is 2.18. The first-order chi connectivity index (χ1) is 6.77. The van der Waals surface area contributed by atoms with Gasteiger partial charge in [0.25, 0.3) is 0 Å². The van der Waals surface area contributed by atoms with Crippen LogP contribution in [0, 0.1) is 11.3 Å². The molecule has 3 heteroatoms. The Morgan fingerprint density at radius 2 is 2.29 bits per heavy atom. The summed E-state index contributed by atoms with van der Waals surface area (Å²) in [6.07, 6.45) is 4.61. The van der Waals surface area contributed by atoms with Crippen molar-refractivity contribution >= 4 is 6.08 Å². The molecule has 0 aliphatic carbocycles. The van der Waals surface area contributed by atoms with Crippen molar-refractivity contribution in [3.8, 4) is 11.8 Å². The molecule has 0 fully saturated rings. The van der Waals surface area contributed by atoms with Crippen LogP contribution in [0.15, 0.2) is 24.3 Å². The molecule has 72 valence electrons. The lowest BCUT2D eigenvalue weighted by Crippen LogP contribution is -1.94. The molecule has 0 bridgehead atoms. The number of aromatic hydroxyl groups is 1. The van der Waals surface area contributed by atoms with Crippen LogP contribution < -0.4 is 5.73 Å². The van der Waals surface area contributed by atoms with E-state index in [1.807, 2.05) is 18.2 Å². The van der Waals surface area contributed by atoms with E-state index in [4.69, 9.17) is 11.0 Å². The molecule has 0 radical (unpaired) electrons. The Hall–Kier alpha value is -1.79. The summed E-state index contributed by atoms with van der Waals surface area (Å²) < 4.78 is 0. The summed E-state index contributed by atoms with van der Waals surface area (Å²) in [5.74, 6) is 0.0161. The Morgan fingerprint density at radius 1 is 1.50 bits per heavy atom. The van der Waals surface area contributed by atoms with Gasteiger partial charge >= 0.3 is 0 Å². The summed E-state index contributed by atoms with van der Waals surface area (Å²) in [6, 6.07) is 6.83. The third kappa shape index (κ3) is 2.61. The number of nitrogens with zero attached hydrogens (tertiary/aromatic N) is 1. The first kappa shape index (κ1) is 10.3. The zero-order valence-electron chi connectivity index (χ0n) is 7.77. The summed E-state index contributed by atoms with van der Waals surface area (Å²) in [6.45, 7) is 0.610. The number of hydrogen-bond donors (Lipinski definition) is 2. The Kier molecular flexibility index (Phi) is 3.71.